The molecule has 0 fully saturated rings. The average Bonchev–Trinajstić information content (AvgIpc) is 2.35. The number of benzene rings is 1. The van der Waals surface area contributed by atoms with Crippen LogP contribution in [0, 0.1) is 5.92 Å². The fourth-order valence-electron chi connectivity index (χ4n) is 1.29. The van der Waals surface area contributed by atoms with Gasteiger partial charge >= 0.3 is 0 Å². The highest BCUT2D eigenvalue weighted by molar-refractivity contribution is 5.26. The zero-order chi connectivity index (χ0) is 11.8. The minimum Gasteiger partial charge on any atom is -0.497 e. The van der Waals surface area contributed by atoms with Crippen molar-refractivity contribution in [2.45, 2.75) is 20.0 Å². The van der Waals surface area contributed by atoms with Crippen molar-refractivity contribution in [2.75, 3.05) is 20.3 Å². The van der Waals surface area contributed by atoms with Crippen molar-refractivity contribution in [3.63, 3.8) is 0 Å². The molecule has 0 saturated heterocycles. The van der Waals surface area contributed by atoms with Gasteiger partial charge in [-0.1, -0.05) is 19.1 Å². The third-order valence-electron chi connectivity index (χ3n) is 2.49. The second kappa shape index (κ2) is 7.25. The molecule has 0 radical (unpaired) electrons. The summed E-state index contributed by atoms with van der Waals surface area (Å²) < 4.78 is 10.6. The van der Waals surface area contributed by atoms with Gasteiger partial charge in [0.15, 0.2) is 0 Å². The lowest BCUT2D eigenvalue weighted by atomic mass is 10.1. The minimum absolute atomic E-state index is 0.228. The molecule has 1 rings (SSSR count). The highest BCUT2D eigenvalue weighted by Crippen LogP contribution is 2.12. The molecule has 0 aliphatic carbocycles. The number of ether oxygens (including phenoxy) is 2. The topological polar surface area (TPSA) is 38.7 Å². The smallest absolute Gasteiger partial charge is 0.118 e. The molecule has 3 nitrogen and oxygen atoms in total. The summed E-state index contributed by atoms with van der Waals surface area (Å²) in [4.78, 5) is 0. The molecule has 1 aromatic rings. The molecule has 0 heterocycles. The molecule has 0 spiro atoms. The summed E-state index contributed by atoms with van der Waals surface area (Å²) in [7, 11) is 1.65. The summed E-state index contributed by atoms with van der Waals surface area (Å²) in [5.41, 5.74) is 1.14. The van der Waals surface area contributed by atoms with E-state index in [0.29, 0.717) is 19.1 Å². The molecule has 0 unspecified atom stereocenters. The van der Waals surface area contributed by atoms with Crippen LogP contribution in [0.15, 0.2) is 24.3 Å². The van der Waals surface area contributed by atoms with Gasteiger partial charge in [-0.05, 0) is 30.0 Å². The Hall–Kier alpha value is -1.06. The third-order valence-corrected chi connectivity index (χ3v) is 2.49. The van der Waals surface area contributed by atoms with Crippen molar-refractivity contribution in [1.29, 1.82) is 0 Å². The Morgan fingerprint density at radius 1 is 1.25 bits per heavy atom. The van der Waals surface area contributed by atoms with Crippen LogP contribution in [0.5, 0.6) is 5.75 Å². The lowest BCUT2D eigenvalue weighted by Gasteiger charge is -2.08. The monoisotopic (exact) mass is 224 g/mol. The summed E-state index contributed by atoms with van der Waals surface area (Å²) in [6, 6.07) is 7.84. The van der Waals surface area contributed by atoms with Gasteiger partial charge < -0.3 is 14.6 Å². The van der Waals surface area contributed by atoms with Crippen LogP contribution in [0.2, 0.25) is 0 Å². The number of hydrogen-bond acceptors (Lipinski definition) is 3. The Kier molecular flexibility index (Phi) is 5.90. The van der Waals surface area contributed by atoms with Crippen LogP contribution in [-0.4, -0.2) is 25.4 Å². The van der Waals surface area contributed by atoms with E-state index in [1.165, 1.54) is 0 Å². The maximum absolute atomic E-state index is 8.84. The third kappa shape index (κ3) is 4.64. The molecule has 0 aliphatic rings. The average molecular weight is 224 g/mol. The molecule has 0 amide bonds. The molecular formula is C13H20O3. The molecule has 0 bridgehead atoms. The van der Waals surface area contributed by atoms with E-state index in [4.69, 9.17) is 14.6 Å². The van der Waals surface area contributed by atoms with Crippen LogP contribution < -0.4 is 4.74 Å². The van der Waals surface area contributed by atoms with Gasteiger partial charge in [-0.25, -0.2) is 0 Å². The highest BCUT2D eigenvalue weighted by Gasteiger charge is 2.00. The van der Waals surface area contributed by atoms with Crippen LogP contribution in [0.25, 0.3) is 0 Å². The summed E-state index contributed by atoms with van der Waals surface area (Å²) in [5.74, 6) is 1.17. The van der Waals surface area contributed by atoms with Gasteiger partial charge in [0.2, 0.25) is 0 Å². The van der Waals surface area contributed by atoms with E-state index in [-0.39, 0.29) is 6.61 Å². The van der Waals surface area contributed by atoms with Crippen molar-refractivity contribution in [1.82, 2.24) is 0 Å². The Morgan fingerprint density at radius 3 is 2.50 bits per heavy atom. The SMILES string of the molecule is COc1ccc(COCC[C@H](C)CO)cc1. The molecule has 0 aromatic heterocycles. The van der Waals surface area contributed by atoms with E-state index in [2.05, 4.69) is 0 Å². The molecule has 90 valence electrons. The van der Waals surface area contributed by atoms with E-state index in [1.807, 2.05) is 31.2 Å². The number of aliphatic hydroxyl groups is 1. The van der Waals surface area contributed by atoms with Crippen LogP contribution in [-0.2, 0) is 11.3 Å². The van der Waals surface area contributed by atoms with E-state index in [0.717, 1.165) is 17.7 Å². The van der Waals surface area contributed by atoms with Gasteiger partial charge in [0.05, 0.1) is 13.7 Å². The van der Waals surface area contributed by atoms with Crippen LogP contribution in [0.3, 0.4) is 0 Å². The fourth-order valence-corrected chi connectivity index (χ4v) is 1.29. The number of aliphatic hydroxyl groups excluding tert-OH is 1. The molecule has 16 heavy (non-hydrogen) atoms. The summed E-state index contributed by atoms with van der Waals surface area (Å²) in [5, 5.41) is 8.84. The molecule has 3 heteroatoms. The van der Waals surface area contributed by atoms with E-state index in [9.17, 15) is 0 Å². The Bertz CT molecular complexity index is 282. The fraction of sp³-hybridized carbons (Fsp3) is 0.538. The lowest BCUT2D eigenvalue weighted by molar-refractivity contribution is 0.0985. The summed E-state index contributed by atoms with van der Waals surface area (Å²) in [6.07, 6.45) is 0.895. The van der Waals surface area contributed by atoms with Gasteiger partial charge in [-0.2, -0.15) is 0 Å². The van der Waals surface area contributed by atoms with Gasteiger partial charge in [-0.3, -0.25) is 0 Å². The maximum Gasteiger partial charge on any atom is 0.118 e. The van der Waals surface area contributed by atoms with Gasteiger partial charge in [-0.15, -0.1) is 0 Å². The molecule has 0 saturated carbocycles. The maximum atomic E-state index is 8.84. The molecule has 1 N–H and O–H groups in total. The van der Waals surface area contributed by atoms with Crippen LogP contribution >= 0.6 is 0 Å². The summed E-state index contributed by atoms with van der Waals surface area (Å²) >= 11 is 0. The Labute approximate surface area is 97.0 Å². The van der Waals surface area contributed by atoms with E-state index < -0.39 is 0 Å². The lowest BCUT2D eigenvalue weighted by Crippen LogP contribution is -2.05. The van der Waals surface area contributed by atoms with Crippen molar-refractivity contribution >= 4 is 0 Å². The predicted octanol–water partition coefficient (Wildman–Crippen LogP) is 2.23. The first-order valence-electron chi connectivity index (χ1n) is 5.57. The number of rotatable bonds is 7. The van der Waals surface area contributed by atoms with Crippen molar-refractivity contribution in [3.05, 3.63) is 29.8 Å². The first-order valence-corrected chi connectivity index (χ1v) is 5.57. The van der Waals surface area contributed by atoms with Crippen molar-refractivity contribution in [3.8, 4) is 5.75 Å². The zero-order valence-electron chi connectivity index (χ0n) is 9.98. The van der Waals surface area contributed by atoms with Crippen LogP contribution in [0.4, 0.5) is 0 Å². The van der Waals surface area contributed by atoms with Gasteiger partial charge in [0.1, 0.15) is 5.75 Å². The van der Waals surface area contributed by atoms with Crippen molar-refractivity contribution in [2.24, 2.45) is 5.92 Å². The van der Waals surface area contributed by atoms with E-state index in [1.54, 1.807) is 7.11 Å². The predicted molar refractivity (Wildman–Crippen MR) is 63.5 cm³/mol. The minimum atomic E-state index is 0.228. The second-order valence-corrected chi connectivity index (χ2v) is 3.98. The van der Waals surface area contributed by atoms with E-state index >= 15 is 0 Å². The summed E-state index contributed by atoms with van der Waals surface area (Å²) in [6.45, 7) is 3.54. The zero-order valence-corrected chi connectivity index (χ0v) is 9.98. The number of methoxy groups -OCH3 is 1. The quantitative estimate of drug-likeness (QED) is 0.722. The first-order chi connectivity index (χ1) is 7.76. The standard InChI is InChI=1S/C13H20O3/c1-11(9-14)7-8-16-10-12-3-5-13(15-2)6-4-12/h3-6,11,14H,7-10H2,1-2H3/t11-/m0/s1. The van der Waals surface area contributed by atoms with Gasteiger partial charge in [0.25, 0.3) is 0 Å². The molecule has 1 aromatic carbocycles. The largest absolute Gasteiger partial charge is 0.497 e. The number of hydrogen-bond donors (Lipinski definition) is 1. The molecular weight excluding hydrogens is 204 g/mol. The van der Waals surface area contributed by atoms with Crippen molar-refractivity contribution < 1.29 is 14.6 Å². The highest BCUT2D eigenvalue weighted by atomic mass is 16.5. The van der Waals surface area contributed by atoms with Gasteiger partial charge in [0, 0.05) is 13.2 Å². The second-order valence-electron chi connectivity index (χ2n) is 3.98. The molecule has 0 aliphatic heterocycles. The van der Waals surface area contributed by atoms with Crippen LogP contribution in [0.1, 0.15) is 18.9 Å². The Balaban J connectivity index is 2.21. The normalized spacial score (nSPS) is 12.4. The first kappa shape index (κ1) is 13.0. The Morgan fingerprint density at radius 2 is 1.94 bits per heavy atom. The molecule has 1 atom stereocenters.